The molecule has 14 nitrogen and oxygen atoms in total. The zero-order valence-electron chi connectivity index (χ0n) is 25.3. The number of rotatable bonds is 11. The summed E-state index contributed by atoms with van der Waals surface area (Å²) in [5.74, 6) is 0.468. The Labute approximate surface area is 272 Å². The third kappa shape index (κ3) is 7.27. The third-order valence-electron chi connectivity index (χ3n) is 8.49. The van der Waals surface area contributed by atoms with Crippen molar-refractivity contribution in [3.05, 3.63) is 48.1 Å². The van der Waals surface area contributed by atoms with Crippen molar-refractivity contribution in [3.63, 3.8) is 0 Å². The lowest BCUT2D eigenvalue weighted by Crippen LogP contribution is -2.66. The van der Waals surface area contributed by atoms with E-state index in [-0.39, 0.29) is 41.1 Å². The molecule has 18 heteroatoms. The second kappa shape index (κ2) is 12.9. The topological polar surface area (TPSA) is 139 Å². The third-order valence-corrected chi connectivity index (χ3v) is 8.80. The Hall–Kier alpha value is -4.06. The van der Waals surface area contributed by atoms with Gasteiger partial charge in [-0.3, -0.25) is 9.58 Å². The summed E-state index contributed by atoms with van der Waals surface area (Å²) in [7, 11) is 0. The van der Waals surface area contributed by atoms with E-state index >= 15 is 0 Å². The van der Waals surface area contributed by atoms with Crippen molar-refractivity contribution >= 4 is 23.2 Å². The highest BCUT2D eigenvalue weighted by molar-refractivity contribution is 6.32. The molecule has 0 radical (unpaired) electrons. The molecular weight excluding hydrogens is 645 g/mol. The summed E-state index contributed by atoms with van der Waals surface area (Å²) < 4.78 is 64.3. The maximum absolute atomic E-state index is 13.0. The molecular formula is C29H32ClF3N10O4. The normalized spacial score (nSPS) is 19.3. The quantitative estimate of drug-likeness (QED) is 0.244. The van der Waals surface area contributed by atoms with Crippen LogP contribution in [0, 0.1) is 5.41 Å². The van der Waals surface area contributed by atoms with Crippen molar-refractivity contribution in [2.75, 3.05) is 45.0 Å². The van der Waals surface area contributed by atoms with Gasteiger partial charge in [0.25, 0.3) is 5.88 Å². The Morgan fingerprint density at radius 1 is 1.11 bits per heavy atom. The lowest BCUT2D eigenvalue weighted by atomic mass is 9.60. The predicted molar refractivity (Wildman–Crippen MR) is 160 cm³/mol. The lowest BCUT2D eigenvalue weighted by molar-refractivity contribution is -0.182. The van der Waals surface area contributed by atoms with E-state index in [9.17, 15) is 13.2 Å². The fourth-order valence-corrected chi connectivity index (χ4v) is 6.43. The minimum absolute atomic E-state index is 0.0417. The highest BCUT2D eigenvalue weighted by atomic mass is 35.5. The maximum Gasteiger partial charge on any atom is 0.422 e. The molecule has 1 saturated carbocycles. The van der Waals surface area contributed by atoms with Crippen molar-refractivity contribution in [3.8, 4) is 22.8 Å². The van der Waals surface area contributed by atoms with E-state index in [0.29, 0.717) is 42.9 Å². The van der Waals surface area contributed by atoms with Crippen LogP contribution in [0.4, 0.5) is 24.8 Å². The molecule has 3 aliphatic rings. The highest BCUT2D eigenvalue weighted by Crippen LogP contribution is 2.55. The second-order valence-electron chi connectivity index (χ2n) is 12.2. The number of nitrogens with zero attached hydrogens (tertiary/aromatic N) is 9. The van der Waals surface area contributed by atoms with Gasteiger partial charge in [0.05, 0.1) is 43.1 Å². The molecule has 4 aromatic rings. The molecule has 1 aromatic carbocycles. The van der Waals surface area contributed by atoms with E-state index in [1.165, 1.54) is 6.33 Å². The number of anilines is 2. The van der Waals surface area contributed by atoms with Crippen molar-refractivity contribution in [2.24, 2.45) is 5.41 Å². The molecule has 1 atom stereocenters. The minimum atomic E-state index is -4.52. The van der Waals surface area contributed by atoms with E-state index in [1.807, 2.05) is 13.0 Å². The van der Waals surface area contributed by atoms with Gasteiger partial charge in [-0.25, -0.2) is 14.6 Å². The Balaban J connectivity index is 1.01. The molecule has 1 N–H and O–H groups in total. The van der Waals surface area contributed by atoms with E-state index < -0.39 is 12.8 Å². The molecule has 3 fully saturated rings. The first kappa shape index (κ1) is 31.5. The zero-order chi connectivity index (χ0) is 32.6. The maximum atomic E-state index is 13.0. The fraction of sp³-hybridized carbons (Fsp3) is 0.517. The van der Waals surface area contributed by atoms with E-state index in [2.05, 4.69) is 40.8 Å². The SMILES string of the molecule is CC(Cn1cnnn1)Oc1cc(-c2cnc(Nc3cn(C4CC5(C4)CN(C4COCOC4)C5)nc3OCC(F)(F)F)nc2)ccc1Cl. The molecule has 0 amide bonds. The van der Waals surface area contributed by atoms with Gasteiger partial charge in [0, 0.05) is 31.0 Å². The fourth-order valence-electron chi connectivity index (χ4n) is 6.27. The number of tetrazole rings is 1. The molecule has 2 aliphatic heterocycles. The van der Waals surface area contributed by atoms with E-state index in [0.717, 1.165) is 31.5 Å². The van der Waals surface area contributed by atoms with Crippen molar-refractivity contribution in [1.82, 2.24) is 44.9 Å². The van der Waals surface area contributed by atoms with Gasteiger partial charge in [-0.1, -0.05) is 17.7 Å². The average molecular weight is 677 g/mol. The Morgan fingerprint density at radius 2 is 1.87 bits per heavy atom. The van der Waals surface area contributed by atoms with Crippen LogP contribution in [0.3, 0.4) is 0 Å². The van der Waals surface area contributed by atoms with E-state index in [4.69, 9.17) is 30.5 Å². The zero-order valence-corrected chi connectivity index (χ0v) is 26.1. The first-order valence-corrected chi connectivity index (χ1v) is 15.4. The smallest absolute Gasteiger partial charge is 0.422 e. The van der Waals surface area contributed by atoms with Gasteiger partial charge in [0.1, 0.15) is 30.7 Å². The van der Waals surface area contributed by atoms with Crippen LogP contribution >= 0.6 is 11.6 Å². The number of likely N-dealkylation sites (tertiary alicyclic amines) is 1. The molecule has 5 heterocycles. The summed E-state index contributed by atoms with van der Waals surface area (Å²) in [5.41, 5.74) is 1.85. The van der Waals surface area contributed by atoms with Gasteiger partial charge in [0.2, 0.25) is 5.95 Å². The van der Waals surface area contributed by atoms with Crippen LogP contribution in [0.2, 0.25) is 5.02 Å². The number of alkyl halides is 3. The number of nitrogens with one attached hydrogen (secondary N) is 1. The monoisotopic (exact) mass is 676 g/mol. The van der Waals surface area contributed by atoms with Crippen LogP contribution < -0.4 is 14.8 Å². The average Bonchev–Trinajstić information content (AvgIpc) is 3.66. The van der Waals surface area contributed by atoms with Crippen molar-refractivity contribution in [2.45, 2.75) is 50.7 Å². The molecule has 2 saturated heterocycles. The van der Waals surface area contributed by atoms with Gasteiger partial charge in [-0.15, -0.1) is 10.2 Å². The standard InChI is InChI=1S/C29H32ClF3N10O4/c1-18(9-42-16-36-39-40-42)47-25-4-19(2-3-23(25)30)20-7-34-27(35-8-20)37-24-10-43(38-26(24)46-15-29(31,32)33)21-5-28(6-21)13-41(14-28)22-11-44-17-45-12-22/h2-4,7-8,10,16,18,21-22H,5-6,9,11-15,17H2,1H3,(H,34,35,37). The molecule has 1 spiro atoms. The van der Waals surface area contributed by atoms with Gasteiger partial charge in [0.15, 0.2) is 6.61 Å². The number of hydrogen-bond donors (Lipinski definition) is 1. The van der Waals surface area contributed by atoms with Crippen LogP contribution in [-0.2, 0) is 16.0 Å². The van der Waals surface area contributed by atoms with Crippen LogP contribution in [0.5, 0.6) is 11.6 Å². The van der Waals surface area contributed by atoms with Crippen LogP contribution in [-0.4, -0.2) is 103 Å². The molecule has 0 bridgehead atoms. The van der Waals surface area contributed by atoms with Gasteiger partial charge in [-0.05, 0) is 53.3 Å². The van der Waals surface area contributed by atoms with Crippen molar-refractivity contribution in [1.29, 1.82) is 0 Å². The summed E-state index contributed by atoms with van der Waals surface area (Å²) in [5, 5.41) is 18.9. The highest BCUT2D eigenvalue weighted by Gasteiger charge is 2.54. The number of halogens is 4. The van der Waals surface area contributed by atoms with Gasteiger partial charge in [-0.2, -0.15) is 13.2 Å². The Bertz CT molecular complexity index is 1650. The van der Waals surface area contributed by atoms with Crippen LogP contribution in [0.1, 0.15) is 25.8 Å². The molecule has 3 aromatic heterocycles. The number of aromatic nitrogens is 8. The molecule has 47 heavy (non-hydrogen) atoms. The first-order valence-electron chi connectivity index (χ1n) is 15.1. The number of hydrogen-bond acceptors (Lipinski definition) is 12. The minimum Gasteiger partial charge on any atom is -0.487 e. The predicted octanol–water partition coefficient (Wildman–Crippen LogP) is 4.14. The number of benzene rings is 1. The molecule has 250 valence electrons. The van der Waals surface area contributed by atoms with Gasteiger partial charge >= 0.3 is 6.18 Å². The van der Waals surface area contributed by atoms with Gasteiger partial charge < -0.3 is 24.3 Å². The lowest BCUT2D eigenvalue weighted by Gasteiger charge is -2.61. The van der Waals surface area contributed by atoms with Crippen LogP contribution in [0.25, 0.3) is 11.1 Å². The Morgan fingerprint density at radius 3 is 2.57 bits per heavy atom. The Kier molecular flexibility index (Phi) is 8.63. The van der Waals surface area contributed by atoms with Crippen molar-refractivity contribution < 1.29 is 32.1 Å². The van der Waals surface area contributed by atoms with E-state index in [1.54, 1.807) is 40.1 Å². The van der Waals surface area contributed by atoms with Crippen LogP contribution in [0.15, 0.2) is 43.1 Å². The summed E-state index contributed by atoms with van der Waals surface area (Å²) >= 11 is 6.38. The largest absolute Gasteiger partial charge is 0.487 e. The summed E-state index contributed by atoms with van der Waals surface area (Å²) in [4.78, 5) is 11.1. The molecule has 7 rings (SSSR count). The second-order valence-corrected chi connectivity index (χ2v) is 12.6. The number of ether oxygens (including phenoxy) is 4. The summed E-state index contributed by atoms with van der Waals surface area (Å²) in [6.45, 7) is 4.36. The molecule has 1 aliphatic carbocycles. The summed E-state index contributed by atoms with van der Waals surface area (Å²) in [6, 6.07) is 5.60. The first-order chi connectivity index (χ1) is 22.6. The summed E-state index contributed by atoms with van der Waals surface area (Å²) in [6.07, 6.45) is 3.27. The molecule has 1 unspecified atom stereocenters.